The quantitative estimate of drug-likeness (QED) is 0.648. The number of aliphatic carboxylic acids is 2. The fourth-order valence-electron chi connectivity index (χ4n) is 2.76. The predicted octanol–water partition coefficient (Wildman–Crippen LogP) is -0.127. The third kappa shape index (κ3) is 7.64. The lowest BCUT2D eigenvalue weighted by molar-refractivity contribution is -0.139. The van der Waals surface area contributed by atoms with Gasteiger partial charge in [0.05, 0.1) is 6.54 Å². The van der Waals surface area contributed by atoms with Crippen molar-refractivity contribution in [1.82, 2.24) is 14.7 Å². The van der Waals surface area contributed by atoms with Crippen molar-refractivity contribution in [2.24, 2.45) is 0 Å². The minimum absolute atomic E-state index is 0.105. The van der Waals surface area contributed by atoms with Crippen LogP contribution in [-0.4, -0.2) is 94.0 Å². The van der Waals surface area contributed by atoms with E-state index in [-0.39, 0.29) is 18.4 Å². The lowest BCUT2D eigenvalue weighted by Gasteiger charge is -2.37. The Morgan fingerprint density at radius 1 is 1.00 bits per heavy atom. The highest BCUT2D eigenvalue weighted by atomic mass is 16.4. The van der Waals surface area contributed by atoms with Gasteiger partial charge in [-0.15, -0.1) is 0 Å². The molecule has 2 aliphatic rings. The van der Waals surface area contributed by atoms with Crippen molar-refractivity contribution in [1.29, 1.82) is 0 Å². The molecule has 2 amide bonds. The van der Waals surface area contributed by atoms with Crippen molar-refractivity contribution in [3.05, 3.63) is 12.2 Å². The predicted molar refractivity (Wildman–Crippen MR) is 93.5 cm³/mol. The van der Waals surface area contributed by atoms with Gasteiger partial charge in [0.15, 0.2) is 0 Å². The summed E-state index contributed by atoms with van der Waals surface area (Å²) in [5.41, 5.74) is 0. The van der Waals surface area contributed by atoms with E-state index in [9.17, 15) is 19.2 Å². The molecule has 2 saturated heterocycles. The maximum atomic E-state index is 12.1. The highest BCUT2D eigenvalue weighted by molar-refractivity contribution is 5.89. The van der Waals surface area contributed by atoms with Gasteiger partial charge in [0.2, 0.25) is 11.8 Å². The first-order chi connectivity index (χ1) is 12.2. The van der Waals surface area contributed by atoms with E-state index in [1.807, 2.05) is 4.90 Å². The lowest BCUT2D eigenvalue weighted by Crippen LogP contribution is -2.52. The first kappa shape index (κ1) is 21.6. The van der Waals surface area contributed by atoms with Crippen molar-refractivity contribution >= 4 is 23.8 Å². The summed E-state index contributed by atoms with van der Waals surface area (Å²) in [6, 6.07) is 0.544. The Balaban J connectivity index is 0.000000359. The summed E-state index contributed by atoms with van der Waals surface area (Å²) < 4.78 is 0. The van der Waals surface area contributed by atoms with Gasteiger partial charge in [0.1, 0.15) is 0 Å². The van der Waals surface area contributed by atoms with Crippen molar-refractivity contribution in [2.75, 3.05) is 39.3 Å². The van der Waals surface area contributed by atoms with E-state index in [4.69, 9.17) is 10.2 Å². The molecule has 2 heterocycles. The zero-order chi connectivity index (χ0) is 19.7. The molecule has 2 rings (SSSR count). The first-order valence-electron chi connectivity index (χ1n) is 8.64. The van der Waals surface area contributed by atoms with Crippen molar-refractivity contribution < 1.29 is 29.4 Å². The summed E-state index contributed by atoms with van der Waals surface area (Å²) >= 11 is 0. The second-order valence-electron chi connectivity index (χ2n) is 6.44. The van der Waals surface area contributed by atoms with Crippen LogP contribution in [-0.2, 0) is 19.2 Å². The smallest absolute Gasteiger partial charge is 0.328 e. The summed E-state index contributed by atoms with van der Waals surface area (Å²) in [7, 11) is 0. The second-order valence-corrected chi connectivity index (χ2v) is 6.44. The number of piperazine rings is 1. The van der Waals surface area contributed by atoms with Crippen LogP contribution in [0.3, 0.4) is 0 Å². The largest absolute Gasteiger partial charge is 0.478 e. The standard InChI is InChI=1S/C13H23N3O2.C4H4O4/c1-11(2)14-6-8-15(9-7-14)13(18)10-16-5-3-4-12(16)17;5-3(6)1-2-4(7)8/h11H,3-10H2,1-2H3;1-2H,(H,5,6)(H,7,8)/b;2-1-. The van der Waals surface area contributed by atoms with Crippen LogP contribution in [0.5, 0.6) is 0 Å². The van der Waals surface area contributed by atoms with Crippen molar-refractivity contribution in [2.45, 2.75) is 32.7 Å². The van der Waals surface area contributed by atoms with Gasteiger partial charge in [-0.1, -0.05) is 0 Å². The Hall–Kier alpha value is -2.42. The third-order valence-corrected chi connectivity index (χ3v) is 4.26. The van der Waals surface area contributed by atoms with E-state index in [1.165, 1.54) is 0 Å². The molecule has 2 N–H and O–H groups in total. The Morgan fingerprint density at radius 3 is 1.92 bits per heavy atom. The molecule has 0 aromatic rings. The molecule has 0 bridgehead atoms. The number of amides is 2. The molecule has 0 aromatic heterocycles. The molecule has 0 radical (unpaired) electrons. The van der Waals surface area contributed by atoms with Crippen LogP contribution in [0.4, 0.5) is 0 Å². The number of carbonyl (C=O) groups excluding carboxylic acids is 2. The Bertz CT molecular complexity index is 537. The van der Waals surface area contributed by atoms with Gasteiger partial charge in [-0.25, -0.2) is 9.59 Å². The number of hydrogen-bond acceptors (Lipinski definition) is 5. The van der Waals surface area contributed by atoms with E-state index in [2.05, 4.69) is 18.7 Å². The molecule has 0 saturated carbocycles. The maximum absolute atomic E-state index is 12.1. The molecular weight excluding hydrogens is 342 g/mol. The summed E-state index contributed by atoms with van der Waals surface area (Å²) in [6.45, 7) is 8.85. The summed E-state index contributed by atoms with van der Waals surface area (Å²) in [4.78, 5) is 48.6. The minimum Gasteiger partial charge on any atom is -0.478 e. The number of rotatable bonds is 5. The van der Waals surface area contributed by atoms with E-state index in [0.717, 1.165) is 39.1 Å². The highest BCUT2D eigenvalue weighted by Gasteiger charge is 2.27. The molecule has 9 nitrogen and oxygen atoms in total. The minimum atomic E-state index is -1.26. The molecule has 2 aliphatic heterocycles. The van der Waals surface area contributed by atoms with Gasteiger partial charge in [-0.3, -0.25) is 14.5 Å². The van der Waals surface area contributed by atoms with E-state index >= 15 is 0 Å². The van der Waals surface area contributed by atoms with Gasteiger partial charge < -0.3 is 20.0 Å². The van der Waals surface area contributed by atoms with Crippen LogP contribution in [0.25, 0.3) is 0 Å². The number of carboxylic acid groups (broad SMARTS) is 2. The lowest BCUT2D eigenvalue weighted by atomic mass is 10.2. The number of nitrogens with zero attached hydrogens (tertiary/aromatic N) is 3. The fourth-order valence-corrected chi connectivity index (χ4v) is 2.76. The third-order valence-electron chi connectivity index (χ3n) is 4.26. The van der Waals surface area contributed by atoms with Gasteiger partial charge in [-0.2, -0.15) is 0 Å². The van der Waals surface area contributed by atoms with Crippen LogP contribution in [0.2, 0.25) is 0 Å². The molecule has 2 fully saturated rings. The maximum Gasteiger partial charge on any atom is 0.328 e. The SMILES string of the molecule is CC(C)N1CCN(C(=O)CN2CCCC2=O)CC1.O=C(O)/C=C\C(=O)O. The Morgan fingerprint density at radius 2 is 1.54 bits per heavy atom. The number of likely N-dealkylation sites (tertiary alicyclic amines) is 1. The molecule has 0 aliphatic carbocycles. The molecule has 0 aromatic carbocycles. The van der Waals surface area contributed by atoms with E-state index in [1.54, 1.807) is 4.90 Å². The summed E-state index contributed by atoms with van der Waals surface area (Å²) in [6.07, 6.45) is 2.62. The molecule has 0 unspecified atom stereocenters. The van der Waals surface area contributed by atoms with Gasteiger partial charge in [0, 0.05) is 57.3 Å². The number of carbonyl (C=O) groups is 4. The van der Waals surface area contributed by atoms with Crippen molar-refractivity contribution in [3.8, 4) is 0 Å². The van der Waals surface area contributed by atoms with Crippen LogP contribution >= 0.6 is 0 Å². The highest BCUT2D eigenvalue weighted by Crippen LogP contribution is 2.11. The van der Waals surface area contributed by atoms with E-state index < -0.39 is 11.9 Å². The van der Waals surface area contributed by atoms with Crippen LogP contribution < -0.4 is 0 Å². The summed E-state index contributed by atoms with van der Waals surface area (Å²) in [5.74, 6) is -2.28. The van der Waals surface area contributed by atoms with Gasteiger partial charge in [0.25, 0.3) is 0 Å². The monoisotopic (exact) mass is 369 g/mol. The van der Waals surface area contributed by atoms with Gasteiger partial charge >= 0.3 is 11.9 Å². The number of carboxylic acids is 2. The number of hydrogen-bond donors (Lipinski definition) is 2. The molecule has 9 heteroatoms. The first-order valence-corrected chi connectivity index (χ1v) is 8.64. The molecule has 0 atom stereocenters. The van der Waals surface area contributed by atoms with Crippen LogP contribution in [0, 0.1) is 0 Å². The van der Waals surface area contributed by atoms with Gasteiger partial charge in [-0.05, 0) is 20.3 Å². The Kier molecular flexibility index (Phi) is 8.77. The topological polar surface area (TPSA) is 118 Å². The molecule has 0 spiro atoms. The fraction of sp³-hybridized carbons (Fsp3) is 0.647. The summed E-state index contributed by atoms with van der Waals surface area (Å²) in [5, 5.41) is 15.6. The average molecular weight is 369 g/mol. The molecule has 146 valence electrons. The molecular formula is C17H27N3O6. The van der Waals surface area contributed by atoms with Crippen LogP contribution in [0.1, 0.15) is 26.7 Å². The second kappa shape index (κ2) is 10.5. The molecule has 26 heavy (non-hydrogen) atoms. The van der Waals surface area contributed by atoms with E-state index in [0.29, 0.717) is 24.6 Å². The zero-order valence-corrected chi connectivity index (χ0v) is 15.3. The zero-order valence-electron chi connectivity index (χ0n) is 15.3. The normalized spacial score (nSPS) is 18.2. The van der Waals surface area contributed by atoms with Crippen LogP contribution in [0.15, 0.2) is 12.2 Å². The Labute approximate surface area is 152 Å². The average Bonchev–Trinajstić information content (AvgIpc) is 2.98. The van der Waals surface area contributed by atoms with Crippen molar-refractivity contribution in [3.63, 3.8) is 0 Å².